The summed E-state index contributed by atoms with van der Waals surface area (Å²) in [6.07, 6.45) is 5.11. The number of fused-ring (bicyclic) bond motifs is 1. The lowest BCUT2D eigenvalue weighted by atomic mass is 10.0. The molecule has 1 aromatic rings. The van der Waals surface area contributed by atoms with Gasteiger partial charge in [0.1, 0.15) is 0 Å². The van der Waals surface area contributed by atoms with Gasteiger partial charge in [-0.25, -0.2) is 0 Å². The average molecular weight is 290 g/mol. The second-order valence-corrected chi connectivity index (χ2v) is 6.00. The minimum atomic E-state index is 0.349. The second kappa shape index (κ2) is 7.14. The Morgan fingerprint density at radius 3 is 2.90 bits per heavy atom. The fraction of sp³-hybridized carbons (Fsp3) is 0.647. The Kier molecular flexibility index (Phi) is 4.99. The first kappa shape index (κ1) is 14.7. The molecule has 0 saturated carbocycles. The highest BCUT2D eigenvalue weighted by Gasteiger charge is 2.20. The lowest BCUT2D eigenvalue weighted by Gasteiger charge is -2.32. The molecule has 4 heteroatoms. The summed E-state index contributed by atoms with van der Waals surface area (Å²) in [5.41, 5.74) is 1.21. The maximum absolute atomic E-state index is 5.56. The third-order valence-corrected chi connectivity index (χ3v) is 4.47. The van der Waals surface area contributed by atoms with Gasteiger partial charge in [0.2, 0.25) is 6.79 Å². The van der Waals surface area contributed by atoms with Crippen molar-refractivity contribution in [2.75, 3.05) is 26.4 Å². The third-order valence-electron chi connectivity index (χ3n) is 4.47. The molecule has 3 rings (SSSR count). The number of hydrogen-bond acceptors (Lipinski definition) is 4. The Labute approximate surface area is 127 Å². The molecule has 2 aliphatic rings. The highest BCUT2D eigenvalue weighted by atomic mass is 16.7. The summed E-state index contributed by atoms with van der Waals surface area (Å²) in [6.45, 7) is 7.20. The van der Waals surface area contributed by atoms with Crippen LogP contribution < -0.4 is 14.8 Å². The number of ether oxygens (including phenoxy) is 2. The van der Waals surface area contributed by atoms with Crippen LogP contribution in [0.2, 0.25) is 0 Å². The quantitative estimate of drug-likeness (QED) is 0.873. The van der Waals surface area contributed by atoms with Crippen LogP contribution in [0.5, 0.6) is 11.5 Å². The molecule has 2 heterocycles. The van der Waals surface area contributed by atoms with Crippen LogP contribution >= 0.6 is 0 Å². The van der Waals surface area contributed by atoms with Crippen LogP contribution in [0.3, 0.4) is 0 Å². The molecule has 0 bridgehead atoms. The Balaban J connectivity index is 1.46. The van der Waals surface area contributed by atoms with Crippen LogP contribution in [0.4, 0.5) is 0 Å². The Hall–Kier alpha value is -1.26. The zero-order valence-corrected chi connectivity index (χ0v) is 12.9. The van der Waals surface area contributed by atoms with Crippen molar-refractivity contribution in [1.82, 2.24) is 10.2 Å². The molecule has 1 fully saturated rings. The predicted octanol–water partition coefficient (Wildman–Crippen LogP) is 2.77. The van der Waals surface area contributed by atoms with Crippen LogP contribution in [-0.2, 0) is 6.54 Å². The standard InChI is InChI=1S/C17H26N2O2/c1-2-3-9-19-10-7-15(8-11-19)18-12-14-5-4-6-16-17(14)21-13-20-16/h4-6,15,18H,2-3,7-13H2,1H3. The third kappa shape index (κ3) is 3.69. The molecular formula is C17H26N2O2. The van der Waals surface area contributed by atoms with Gasteiger partial charge >= 0.3 is 0 Å². The van der Waals surface area contributed by atoms with Crippen LogP contribution in [0.25, 0.3) is 0 Å². The van der Waals surface area contributed by atoms with E-state index in [0.717, 1.165) is 18.0 Å². The van der Waals surface area contributed by atoms with Gasteiger partial charge in [0, 0.05) is 18.2 Å². The van der Waals surface area contributed by atoms with Gasteiger partial charge in [0.05, 0.1) is 0 Å². The molecule has 0 spiro atoms. The highest BCUT2D eigenvalue weighted by molar-refractivity contribution is 5.48. The van der Waals surface area contributed by atoms with Gasteiger partial charge in [-0.15, -0.1) is 0 Å². The number of rotatable bonds is 6. The van der Waals surface area contributed by atoms with E-state index in [4.69, 9.17) is 9.47 Å². The fourth-order valence-corrected chi connectivity index (χ4v) is 3.13. The summed E-state index contributed by atoms with van der Waals surface area (Å²) >= 11 is 0. The summed E-state index contributed by atoms with van der Waals surface area (Å²) in [7, 11) is 0. The van der Waals surface area contributed by atoms with Gasteiger partial charge in [-0.1, -0.05) is 25.5 Å². The zero-order valence-electron chi connectivity index (χ0n) is 12.9. The number of hydrogen-bond donors (Lipinski definition) is 1. The number of para-hydroxylation sites is 1. The van der Waals surface area contributed by atoms with Crippen molar-refractivity contribution in [2.45, 2.75) is 45.2 Å². The van der Waals surface area contributed by atoms with E-state index in [1.165, 1.54) is 50.9 Å². The summed E-state index contributed by atoms with van der Waals surface area (Å²) in [6, 6.07) is 6.76. The monoisotopic (exact) mass is 290 g/mol. The largest absolute Gasteiger partial charge is 0.454 e. The molecule has 0 radical (unpaired) electrons. The maximum Gasteiger partial charge on any atom is 0.231 e. The summed E-state index contributed by atoms with van der Waals surface area (Å²) in [5, 5.41) is 3.68. The summed E-state index contributed by atoms with van der Waals surface area (Å²) in [4.78, 5) is 2.60. The molecule has 1 aromatic carbocycles. The number of nitrogens with one attached hydrogen (secondary N) is 1. The number of piperidine rings is 1. The first-order valence-corrected chi connectivity index (χ1v) is 8.20. The van der Waals surface area contributed by atoms with E-state index in [1.807, 2.05) is 12.1 Å². The van der Waals surface area contributed by atoms with Gasteiger partial charge in [-0.3, -0.25) is 0 Å². The number of likely N-dealkylation sites (tertiary alicyclic amines) is 1. The molecule has 0 amide bonds. The number of benzene rings is 1. The second-order valence-electron chi connectivity index (χ2n) is 6.00. The summed E-state index contributed by atoms with van der Waals surface area (Å²) < 4.78 is 11.0. The van der Waals surface area contributed by atoms with Gasteiger partial charge in [0.25, 0.3) is 0 Å². The molecule has 1 N–H and O–H groups in total. The molecule has 1 saturated heterocycles. The van der Waals surface area contributed by atoms with E-state index in [1.54, 1.807) is 0 Å². The zero-order chi connectivity index (χ0) is 14.5. The molecule has 21 heavy (non-hydrogen) atoms. The van der Waals surface area contributed by atoms with Crippen LogP contribution in [0.15, 0.2) is 18.2 Å². The van der Waals surface area contributed by atoms with E-state index >= 15 is 0 Å². The molecule has 0 aromatic heterocycles. The topological polar surface area (TPSA) is 33.7 Å². The lowest BCUT2D eigenvalue weighted by molar-refractivity contribution is 0.172. The van der Waals surface area contributed by atoms with Crippen molar-refractivity contribution < 1.29 is 9.47 Å². The molecule has 2 aliphatic heterocycles. The van der Waals surface area contributed by atoms with Crippen molar-refractivity contribution in [2.24, 2.45) is 0 Å². The maximum atomic E-state index is 5.56. The molecule has 0 unspecified atom stereocenters. The number of unbranched alkanes of at least 4 members (excludes halogenated alkanes) is 1. The van der Waals surface area contributed by atoms with E-state index in [-0.39, 0.29) is 0 Å². The molecule has 116 valence electrons. The van der Waals surface area contributed by atoms with Crippen LogP contribution in [0.1, 0.15) is 38.2 Å². The van der Waals surface area contributed by atoms with E-state index in [2.05, 4.69) is 23.2 Å². The molecule has 4 nitrogen and oxygen atoms in total. The Bertz CT molecular complexity index is 456. The molecular weight excluding hydrogens is 264 g/mol. The molecule has 0 atom stereocenters. The fourth-order valence-electron chi connectivity index (χ4n) is 3.13. The first-order chi connectivity index (χ1) is 10.4. The van der Waals surface area contributed by atoms with Crippen molar-refractivity contribution in [3.05, 3.63) is 23.8 Å². The SMILES string of the molecule is CCCCN1CCC(NCc2cccc3c2OCO3)CC1. The smallest absolute Gasteiger partial charge is 0.231 e. The Morgan fingerprint density at radius 2 is 2.10 bits per heavy atom. The first-order valence-electron chi connectivity index (χ1n) is 8.20. The number of nitrogens with zero attached hydrogens (tertiary/aromatic N) is 1. The molecule has 0 aliphatic carbocycles. The van der Waals surface area contributed by atoms with Crippen LogP contribution in [0, 0.1) is 0 Å². The van der Waals surface area contributed by atoms with Gasteiger partial charge in [-0.2, -0.15) is 0 Å². The van der Waals surface area contributed by atoms with Crippen LogP contribution in [-0.4, -0.2) is 37.4 Å². The minimum absolute atomic E-state index is 0.349. The minimum Gasteiger partial charge on any atom is -0.454 e. The van der Waals surface area contributed by atoms with Gasteiger partial charge in [0.15, 0.2) is 11.5 Å². The van der Waals surface area contributed by atoms with Crippen molar-refractivity contribution in [3.63, 3.8) is 0 Å². The van der Waals surface area contributed by atoms with Gasteiger partial charge < -0.3 is 19.7 Å². The van der Waals surface area contributed by atoms with Gasteiger partial charge in [-0.05, 0) is 45.0 Å². The van der Waals surface area contributed by atoms with Crippen molar-refractivity contribution in [1.29, 1.82) is 0 Å². The highest BCUT2D eigenvalue weighted by Crippen LogP contribution is 2.35. The van der Waals surface area contributed by atoms with Crippen molar-refractivity contribution >= 4 is 0 Å². The Morgan fingerprint density at radius 1 is 1.24 bits per heavy atom. The summed E-state index contributed by atoms with van der Waals surface area (Å²) in [5.74, 6) is 1.80. The van der Waals surface area contributed by atoms with E-state index < -0.39 is 0 Å². The van der Waals surface area contributed by atoms with E-state index in [0.29, 0.717) is 12.8 Å². The van der Waals surface area contributed by atoms with Crippen molar-refractivity contribution in [3.8, 4) is 11.5 Å². The normalized spacial score (nSPS) is 19.1. The average Bonchev–Trinajstić information content (AvgIpc) is 3.01. The predicted molar refractivity (Wildman–Crippen MR) is 83.8 cm³/mol. The lowest BCUT2D eigenvalue weighted by Crippen LogP contribution is -2.42. The van der Waals surface area contributed by atoms with E-state index in [9.17, 15) is 0 Å².